The third-order valence-electron chi connectivity index (χ3n) is 2.19. The first-order valence-electron chi connectivity index (χ1n) is 4.61. The van der Waals surface area contributed by atoms with E-state index in [0.717, 1.165) is 0 Å². The molecule has 5 heteroatoms. The summed E-state index contributed by atoms with van der Waals surface area (Å²) in [5.41, 5.74) is 3.53. The SMILES string of the molecule is CCN(C)C(=O)c1cc(Cl)ccc1NN. The third kappa shape index (κ3) is 2.61. The molecule has 3 N–H and O–H groups in total. The van der Waals surface area contributed by atoms with Crippen molar-refractivity contribution in [2.45, 2.75) is 6.92 Å². The predicted molar refractivity (Wildman–Crippen MR) is 61.9 cm³/mol. The van der Waals surface area contributed by atoms with Crippen LogP contribution >= 0.6 is 11.6 Å². The standard InChI is InChI=1S/C10H14ClN3O/c1-3-14(2)10(15)8-6-7(11)4-5-9(8)13-12/h4-6,13H,3,12H2,1-2H3. The van der Waals surface area contributed by atoms with Gasteiger partial charge in [-0.3, -0.25) is 10.6 Å². The molecule has 15 heavy (non-hydrogen) atoms. The smallest absolute Gasteiger partial charge is 0.255 e. The fraction of sp³-hybridized carbons (Fsp3) is 0.300. The van der Waals surface area contributed by atoms with Crippen LogP contribution in [0.5, 0.6) is 0 Å². The van der Waals surface area contributed by atoms with Gasteiger partial charge in [-0.25, -0.2) is 0 Å². The van der Waals surface area contributed by atoms with E-state index in [1.165, 1.54) is 0 Å². The minimum atomic E-state index is -0.104. The molecule has 0 bridgehead atoms. The zero-order valence-corrected chi connectivity index (χ0v) is 9.51. The number of nitrogens with two attached hydrogens (primary N) is 1. The van der Waals surface area contributed by atoms with Gasteiger partial charge in [0.15, 0.2) is 0 Å². The Balaban J connectivity index is 3.11. The van der Waals surface area contributed by atoms with E-state index >= 15 is 0 Å². The second-order valence-electron chi connectivity index (χ2n) is 3.15. The van der Waals surface area contributed by atoms with Gasteiger partial charge in [-0.05, 0) is 25.1 Å². The van der Waals surface area contributed by atoms with E-state index in [2.05, 4.69) is 5.43 Å². The highest BCUT2D eigenvalue weighted by Crippen LogP contribution is 2.21. The summed E-state index contributed by atoms with van der Waals surface area (Å²) in [4.78, 5) is 13.5. The first-order valence-corrected chi connectivity index (χ1v) is 4.99. The molecule has 0 unspecified atom stereocenters. The van der Waals surface area contributed by atoms with Crippen LogP contribution in [0.1, 0.15) is 17.3 Å². The zero-order valence-electron chi connectivity index (χ0n) is 8.75. The van der Waals surface area contributed by atoms with Gasteiger partial charge in [0.05, 0.1) is 11.3 Å². The first kappa shape index (κ1) is 11.8. The van der Waals surface area contributed by atoms with E-state index in [-0.39, 0.29) is 5.91 Å². The summed E-state index contributed by atoms with van der Waals surface area (Å²) in [6, 6.07) is 4.96. The van der Waals surface area contributed by atoms with E-state index in [9.17, 15) is 4.79 Å². The summed E-state index contributed by atoms with van der Waals surface area (Å²) < 4.78 is 0. The van der Waals surface area contributed by atoms with Crippen molar-refractivity contribution in [1.29, 1.82) is 0 Å². The molecule has 0 aromatic heterocycles. The highest BCUT2D eigenvalue weighted by Gasteiger charge is 2.14. The number of rotatable bonds is 3. The van der Waals surface area contributed by atoms with Crippen molar-refractivity contribution in [3.63, 3.8) is 0 Å². The van der Waals surface area contributed by atoms with Crippen molar-refractivity contribution in [2.75, 3.05) is 19.0 Å². The molecule has 0 saturated carbocycles. The summed E-state index contributed by atoms with van der Waals surface area (Å²) in [5.74, 6) is 5.21. The van der Waals surface area contributed by atoms with Crippen LogP contribution in [-0.4, -0.2) is 24.4 Å². The van der Waals surface area contributed by atoms with E-state index in [1.54, 1.807) is 30.1 Å². The minimum absolute atomic E-state index is 0.104. The maximum Gasteiger partial charge on any atom is 0.255 e. The van der Waals surface area contributed by atoms with E-state index in [4.69, 9.17) is 17.4 Å². The highest BCUT2D eigenvalue weighted by atomic mass is 35.5. The number of hydrazine groups is 1. The normalized spacial score (nSPS) is 9.87. The molecule has 82 valence electrons. The van der Waals surface area contributed by atoms with Crippen LogP contribution in [0.4, 0.5) is 5.69 Å². The molecule has 4 nitrogen and oxygen atoms in total. The number of carbonyl (C=O) groups is 1. The number of carbonyl (C=O) groups excluding carboxylic acids is 1. The second kappa shape index (κ2) is 5.00. The number of hydrogen-bond donors (Lipinski definition) is 2. The maximum atomic E-state index is 11.9. The van der Waals surface area contributed by atoms with Crippen molar-refractivity contribution in [3.8, 4) is 0 Å². The molecule has 0 aliphatic carbocycles. The molecule has 0 atom stereocenters. The van der Waals surface area contributed by atoms with Crippen LogP contribution in [0.2, 0.25) is 5.02 Å². The van der Waals surface area contributed by atoms with Gasteiger partial charge in [-0.2, -0.15) is 0 Å². The van der Waals surface area contributed by atoms with Gasteiger partial charge < -0.3 is 10.3 Å². The Hall–Kier alpha value is -1.26. The Morgan fingerprint density at radius 2 is 2.27 bits per heavy atom. The van der Waals surface area contributed by atoms with Crippen molar-refractivity contribution in [3.05, 3.63) is 28.8 Å². The lowest BCUT2D eigenvalue weighted by molar-refractivity contribution is 0.0803. The van der Waals surface area contributed by atoms with Crippen molar-refractivity contribution >= 4 is 23.2 Å². The van der Waals surface area contributed by atoms with Crippen molar-refractivity contribution in [1.82, 2.24) is 4.90 Å². The summed E-state index contributed by atoms with van der Waals surface area (Å²) >= 11 is 5.83. The van der Waals surface area contributed by atoms with Crippen LogP contribution in [0.15, 0.2) is 18.2 Å². The number of nitrogens with one attached hydrogen (secondary N) is 1. The average molecular weight is 228 g/mol. The van der Waals surface area contributed by atoms with Gasteiger partial charge in [0.1, 0.15) is 0 Å². The lowest BCUT2D eigenvalue weighted by atomic mass is 10.1. The van der Waals surface area contributed by atoms with Crippen molar-refractivity contribution < 1.29 is 4.79 Å². The Morgan fingerprint density at radius 3 is 2.80 bits per heavy atom. The van der Waals surface area contributed by atoms with Gasteiger partial charge in [-0.1, -0.05) is 11.6 Å². The summed E-state index contributed by atoms with van der Waals surface area (Å²) in [7, 11) is 1.73. The molecule has 0 radical (unpaired) electrons. The summed E-state index contributed by atoms with van der Waals surface area (Å²) in [5, 5.41) is 0.516. The first-order chi connectivity index (χ1) is 7.10. The molecule has 0 spiro atoms. The van der Waals surface area contributed by atoms with Crippen LogP contribution in [0.25, 0.3) is 0 Å². The molecule has 1 aromatic carbocycles. The number of halogens is 1. The second-order valence-corrected chi connectivity index (χ2v) is 3.59. The number of hydrogen-bond acceptors (Lipinski definition) is 3. The van der Waals surface area contributed by atoms with E-state index in [0.29, 0.717) is 22.8 Å². The number of amides is 1. The number of anilines is 1. The highest BCUT2D eigenvalue weighted by molar-refractivity contribution is 6.31. The topological polar surface area (TPSA) is 58.4 Å². The fourth-order valence-electron chi connectivity index (χ4n) is 1.17. The quantitative estimate of drug-likeness (QED) is 0.611. The van der Waals surface area contributed by atoms with Gasteiger partial charge >= 0.3 is 0 Å². The number of nitrogens with zero attached hydrogens (tertiary/aromatic N) is 1. The maximum absolute atomic E-state index is 11.9. The molecule has 1 aromatic rings. The average Bonchev–Trinajstić information content (AvgIpc) is 2.27. The van der Waals surface area contributed by atoms with Crippen molar-refractivity contribution in [2.24, 2.45) is 5.84 Å². The largest absolute Gasteiger partial charge is 0.342 e. The monoisotopic (exact) mass is 227 g/mol. The number of nitrogen functional groups attached to an aromatic ring is 1. The zero-order chi connectivity index (χ0) is 11.4. The van der Waals surface area contributed by atoms with Crippen LogP contribution in [0, 0.1) is 0 Å². The molecule has 0 heterocycles. The Labute approximate surface area is 94.0 Å². The lowest BCUT2D eigenvalue weighted by Crippen LogP contribution is -2.27. The molecule has 0 fully saturated rings. The van der Waals surface area contributed by atoms with E-state index < -0.39 is 0 Å². The van der Waals surface area contributed by atoms with Crippen LogP contribution < -0.4 is 11.3 Å². The van der Waals surface area contributed by atoms with Crippen LogP contribution in [0.3, 0.4) is 0 Å². The van der Waals surface area contributed by atoms with E-state index in [1.807, 2.05) is 6.92 Å². The molecular formula is C10H14ClN3O. The minimum Gasteiger partial charge on any atom is -0.342 e. The lowest BCUT2D eigenvalue weighted by Gasteiger charge is -2.16. The molecule has 1 rings (SSSR count). The predicted octanol–water partition coefficient (Wildman–Crippen LogP) is 1.72. The number of benzene rings is 1. The fourth-order valence-corrected chi connectivity index (χ4v) is 1.34. The Kier molecular flexibility index (Phi) is 3.94. The van der Waals surface area contributed by atoms with Gasteiger partial charge in [0.25, 0.3) is 5.91 Å². The van der Waals surface area contributed by atoms with Gasteiger partial charge in [-0.15, -0.1) is 0 Å². The molecule has 0 saturated heterocycles. The molecule has 0 aliphatic rings. The molecular weight excluding hydrogens is 214 g/mol. The summed E-state index contributed by atoms with van der Waals surface area (Å²) in [6.45, 7) is 2.54. The Bertz CT molecular complexity index is 368. The van der Waals surface area contributed by atoms with Crippen LogP contribution in [-0.2, 0) is 0 Å². The third-order valence-corrected chi connectivity index (χ3v) is 2.42. The molecule has 0 aliphatic heterocycles. The Morgan fingerprint density at radius 1 is 1.60 bits per heavy atom. The summed E-state index contributed by atoms with van der Waals surface area (Å²) in [6.07, 6.45) is 0. The van der Waals surface area contributed by atoms with Gasteiger partial charge in [0.2, 0.25) is 0 Å². The van der Waals surface area contributed by atoms with Gasteiger partial charge in [0, 0.05) is 18.6 Å². The molecule has 1 amide bonds.